The van der Waals surface area contributed by atoms with Gasteiger partial charge < -0.3 is 10.2 Å². The molecule has 0 bridgehead atoms. The van der Waals surface area contributed by atoms with E-state index in [0.29, 0.717) is 12.2 Å². The molecule has 1 heterocycles. The molecule has 1 aromatic carbocycles. The van der Waals surface area contributed by atoms with Gasteiger partial charge in [0.15, 0.2) is 0 Å². The van der Waals surface area contributed by atoms with Crippen molar-refractivity contribution in [3.05, 3.63) is 52.5 Å². The smallest absolute Gasteiger partial charge is 0.316 e. The Bertz CT molecular complexity index is 623. The van der Waals surface area contributed by atoms with Crippen molar-refractivity contribution in [2.24, 2.45) is 0 Å². The summed E-state index contributed by atoms with van der Waals surface area (Å²) in [6.07, 6.45) is 4.42. The first kappa shape index (κ1) is 15.0. The van der Waals surface area contributed by atoms with Gasteiger partial charge in [-0.3, -0.25) is 0 Å². The lowest BCUT2D eigenvalue weighted by Gasteiger charge is -2.28. The highest BCUT2D eigenvalue weighted by molar-refractivity contribution is 7.09. The molecule has 0 atom stereocenters. The minimum absolute atomic E-state index is 0.147. The summed E-state index contributed by atoms with van der Waals surface area (Å²) in [5.41, 5.74) is 0.499. The lowest BCUT2D eigenvalue weighted by atomic mass is 10.2. The Morgan fingerprint density at radius 2 is 2.09 bits per heavy atom. The highest BCUT2D eigenvalue weighted by atomic mass is 32.1. The molecule has 116 valence electrons. The maximum Gasteiger partial charge on any atom is 0.322 e. The predicted octanol–water partition coefficient (Wildman–Crippen LogP) is 4.86. The number of carbonyl (C=O) groups excluding carboxylic acids is 1. The molecular formula is C17H19FN2OS. The van der Waals surface area contributed by atoms with Crippen LogP contribution in [0.15, 0.2) is 41.8 Å². The number of nitrogens with zero attached hydrogens (tertiary/aromatic N) is 1. The molecule has 0 radical (unpaired) electrons. The number of carbonyl (C=O) groups is 1. The van der Waals surface area contributed by atoms with Crippen LogP contribution in [0.25, 0.3) is 0 Å². The topological polar surface area (TPSA) is 32.3 Å². The van der Waals surface area contributed by atoms with E-state index in [2.05, 4.69) is 5.32 Å². The molecular weight excluding hydrogens is 299 g/mol. The summed E-state index contributed by atoms with van der Waals surface area (Å²) in [7, 11) is 0. The monoisotopic (exact) mass is 318 g/mol. The number of halogens is 1. The van der Waals surface area contributed by atoms with Gasteiger partial charge in [-0.05, 0) is 42.5 Å². The Kier molecular flexibility index (Phi) is 4.73. The number of amides is 2. The summed E-state index contributed by atoms with van der Waals surface area (Å²) in [4.78, 5) is 15.7. The largest absolute Gasteiger partial charge is 0.322 e. The molecule has 3 nitrogen and oxygen atoms in total. The minimum atomic E-state index is -0.344. The van der Waals surface area contributed by atoms with Crippen molar-refractivity contribution < 1.29 is 9.18 Å². The number of hydrogen-bond acceptors (Lipinski definition) is 2. The molecule has 0 spiro atoms. The summed E-state index contributed by atoms with van der Waals surface area (Å²) in [6, 6.07) is 10.2. The SMILES string of the molecule is O=C(Nc1cccc(F)c1)N(Cc1cccs1)C1CCCC1. The third-order valence-electron chi connectivity index (χ3n) is 4.01. The van der Waals surface area contributed by atoms with Crippen molar-refractivity contribution in [3.8, 4) is 0 Å². The fourth-order valence-corrected chi connectivity index (χ4v) is 3.62. The van der Waals surface area contributed by atoms with Crippen LogP contribution in [0.5, 0.6) is 0 Å². The van der Waals surface area contributed by atoms with Gasteiger partial charge in [-0.25, -0.2) is 9.18 Å². The predicted molar refractivity (Wildman–Crippen MR) is 87.5 cm³/mol. The van der Waals surface area contributed by atoms with E-state index in [1.54, 1.807) is 23.5 Å². The third kappa shape index (κ3) is 3.65. The summed E-state index contributed by atoms with van der Waals surface area (Å²) in [5.74, 6) is -0.344. The first-order valence-electron chi connectivity index (χ1n) is 7.58. The van der Waals surface area contributed by atoms with E-state index in [-0.39, 0.29) is 17.9 Å². The zero-order valence-electron chi connectivity index (χ0n) is 12.3. The number of thiophene rings is 1. The highest BCUT2D eigenvalue weighted by Gasteiger charge is 2.27. The van der Waals surface area contributed by atoms with Crippen molar-refractivity contribution in [3.63, 3.8) is 0 Å². The lowest BCUT2D eigenvalue weighted by molar-refractivity contribution is 0.185. The zero-order chi connectivity index (χ0) is 15.4. The van der Waals surface area contributed by atoms with Gasteiger partial charge in [0.2, 0.25) is 0 Å². The quantitative estimate of drug-likeness (QED) is 0.857. The average molecular weight is 318 g/mol. The molecule has 3 rings (SSSR count). The Hall–Kier alpha value is -1.88. The minimum Gasteiger partial charge on any atom is -0.316 e. The van der Waals surface area contributed by atoms with Gasteiger partial charge in [0.25, 0.3) is 0 Å². The van der Waals surface area contributed by atoms with Gasteiger partial charge in [0.05, 0.1) is 6.54 Å². The van der Waals surface area contributed by atoms with Crippen LogP contribution in [0, 0.1) is 5.82 Å². The van der Waals surface area contributed by atoms with E-state index in [4.69, 9.17) is 0 Å². The normalized spacial score (nSPS) is 15.0. The molecule has 0 unspecified atom stereocenters. The van der Waals surface area contributed by atoms with Crippen LogP contribution < -0.4 is 5.32 Å². The number of benzene rings is 1. The third-order valence-corrected chi connectivity index (χ3v) is 4.87. The van der Waals surface area contributed by atoms with Gasteiger partial charge in [0.1, 0.15) is 5.82 Å². The van der Waals surface area contributed by atoms with Crippen molar-refractivity contribution >= 4 is 23.1 Å². The van der Waals surface area contributed by atoms with E-state index in [1.165, 1.54) is 29.9 Å². The number of anilines is 1. The molecule has 1 saturated carbocycles. The first-order chi connectivity index (χ1) is 10.7. The van der Waals surface area contributed by atoms with Crippen LogP contribution in [0.1, 0.15) is 30.6 Å². The average Bonchev–Trinajstić information content (AvgIpc) is 3.18. The second-order valence-electron chi connectivity index (χ2n) is 5.59. The maximum atomic E-state index is 13.3. The number of hydrogen-bond donors (Lipinski definition) is 1. The molecule has 0 aliphatic heterocycles. The Morgan fingerprint density at radius 1 is 1.27 bits per heavy atom. The van der Waals surface area contributed by atoms with Crippen LogP contribution in [-0.4, -0.2) is 17.0 Å². The standard InChI is InChI=1S/C17H19FN2OS/c18-13-5-3-6-14(11-13)19-17(21)20(15-7-1-2-8-15)12-16-9-4-10-22-16/h3-6,9-11,15H,1-2,7-8,12H2,(H,19,21). The van der Waals surface area contributed by atoms with Gasteiger partial charge in [-0.15, -0.1) is 11.3 Å². The summed E-state index contributed by atoms with van der Waals surface area (Å²) in [5, 5.41) is 4.84. The Morgan fingerprint density at radius 3 is 2.77 bits per heavy atom. The van der Waals surface area contributed by atoms with Gasteiger partial charge >= 0.3 is 6.03 Å². The second kappa shape index (κ2) is 6.92. The molecule has 5 heteroatoms. The van der Waals surface area contributed by atoms with Gasteiger partial charge in [0, 0.05) is 16.6 Å². The first-order valence-corrected chi connectivity index (χ1v) is 8.46. The van der Waals surface area contributed by atoms with Crippen molar-refractivity contribution in [2.75, 3.05) is 5.32 Å². The van der Waals surface area contributed by atoms with Crippen LogP contribution in [0.4, 0.5) is 14.9 Å². The fraction of sp³-hybridized carbons (Fsp3) is 0.353. The summed E-state index contributed by atoms with van der Waals surface area (Å²) < 4.78 is 13.3. The van der Waals surface area contributed by atoms with Gasteiger partial charge in [-0.1, -0.05) is 25.0 Å². The lowest BCUT2D eigenvalue weighted by Crippen LogP contribution is -2.40. The van der Waals surface area contributed by atoms with Crippen molar-refractivity contribution in [2.45, 2.75) is 38.3 Å². The van der Waals surface area contributed by atoms with Crippen molar-refractivity contribution in [1.29, 1.82) is 0 Å². The van der Waals surface area contributed by atoms with E-state index < -0.39 is 0 Å². The fourth-order valence-electron chi connectivity index (χ4n) is 2.91. The number of rotatable bonds is 4. The molecule has 1 N–H and O–H groups in total. The number of urea groups is 1. The second-order valence-corrected chi connectivity index (χ2v) is 6.62. The van der Waals surface area contributed by atoms with Crippen LogP contribution in [-0.2, 0) is 6.54 Å². The summed E-state index contributed by atoms with van der Waals surface area (Å²) in [6.45, 7) is 0.615. The molecule has 2 amide bonds. The Balaban J connectivity index is 1.73. The van der Waals surface area contributed by atoms with Crippen LogP contribution in [0.3, 0.4) is 0 Å². The molecule has 22 heavy (non-hydrogen) atoms. The van der Waals surface area contributed by atoms with E-state index in [9.17, 15) is 9.18 Å². The zero-order valence-corrected chi connectivity index (χ0v) is 13.1. The molecule has 1 fully saturated rings. The number of nitrogens with one attached hydrogen (secondary N) is 1. The van der Waals surface area contributed by atoms with E-state index in [0.717, 1.165) is 12.8 Å². The van der Waals surface area contributed by atoms with Crippen LogP contribution in [0.2, 0.25) is 0 Å². The molecule has 0 saturated heterocycles. The highest BCUT2D eigenvalue weighted by Crippen LogP contribution is 2.26. The summed E-state index contributed by atoms with van der Waals surface area (Å²) >= 11 is 1.65. The van der Waals surface area contributed by atoms with E-state index in [1.807, 2.05) is 22.4 Å². The maximum absolute atomic E-state index is 13.3. The van der Waals surface area contributed by atoms with Crippen molar-refractivity contribution in [1.82, 2.24) is 4.90 Å². The molecule has 1 aliphatic rings. The van der Waals surface area contributed by atoms with Gasteiger partial charge in [-0.2, -0.15) is 0 Å². The van der Waals surface area contributed by atoms with Crippen LogP contribution >= 0.6 is 11.3 Å². The molecule has 2 aromatic rings. The van der Waals surface area contributed by atoms with E-state index >= 15 is 0 Å². The Labute approximate surface area is 133 Å². The molecule has 1 aromatic heterocycles. The molecule has 1 aliphatic carbocycles.